The summed E-state index contributed by atoms with van der Waals surface area (Å²) in [6.45, 7) is 1.69. The Labute approximate surface area is 113 Å². The van der Waals surface area contributed by atoms with Crippen molar-refractivity contribution in [1.29, 1.82) is 0 Å². The molecule has 3 amide bonds. The van der Waals surface area contributed by atoms with Crippen LogP contribution in [0.25, 0.3) is 0 Å². The first-order valence-electron chi connectivity index (χ1n) is 5.59. The van der Waals surface area contributed by atoms with E-state index in [4.69, 9.17) is 5.84 Å². The second-order valence-corrected chi connectivity index (χ2v) is 5.38. The van der Waals surface area contributed by atoms with Gasteiger partial charge in [0.05, 0.1) is 0 Å². The summed E-state index contributed by atoms with van der Waals surface area (Å²) in [6, 6.07) is 7.25. The third-order valence-corrected chi connectivity index (χ3v) is 3.92. The number of hydrogen-bond donors (Lipinski definition) is 2. The molecular weight excluding hydrogens is 298 g/mol. The summed E-state index contributed by atoms with van der Waals surface area (Å²) < 4.78 is 0.995. The number of nitrogens with one attached hydrogen (secondary N) is 1. The average molecular weight is 312 g/mol. The van der Waals surface area contributed by atoms with Crippen molar-refractivity contribution >= 4 is 27.9 Å². The third kappa shape index (κ3) is 2.26. The van der Waals surface area contributed by atoms with Crippen LogP contribution in [0, 0.1) is 0 Å². The molecule has 0 spiro atoms. The van der Waals surface area contributed by atoms with Gasteiger partial charge in [-0.05, 0) is 31.4 Å². The average Bonchev–Trinajstić information content (AvgIpc) is 2.53. The van der Waals surface area contributed by atoms with Crippen molar-refractivity contribution in [2.24, 2.45) is 5.84 Å². The number of carbonyl (C=O) groups is 2. The molecule has 5 nitrogen and oxygen atoms in total. The zero-order chi connectivity index (χ0) is 13.3. The fourth-order valence-corrected chi connectivity index (χ4v) is 2.45. The third-order valence-electron chi connectivity index (χ3n) is 3.14. The van der Waals surface area contributed by atoms with Gasteiger partial charge in [-0.2, -0.15) is 5.01 Å². The van der Waals surface area contributed by atoms with Gasteiger partial charge in [0.2, 0.25) is 0 Å². The topological polar surface area (TPSA) is 75.4 Å². The van der Waals surface area contributed by atoms with Crippen LogP contribution in [0.4, 0.5) is 4.79 Å². The summed E-state index contributed by atoms with van der Waals surface area (Å²) >= 11 is 3.45. The van der Waals surface area contributed by atoms with Crippen molar-refractivity contribution in [1.82, 2.24) is 10.3 Å². The second kappa shape index (κ2) is 4.70. The first-order valence-corrected chi connectivity index (χ1v) is 6.38. The monoisotopic (exact) mass is 311 g/mol. The Morgan fingerprint density at radius 2 is 2.06 bits per heavy atom. The van der Waals surface area contributed by atoms with Crippen LogP contribution in [0.1, 0.15) is 18.9 Å². The normalized spacial score (nSPS) is 23.4. The molecule has 2 rings (SSSR count). The molecule has 6 heteroatoms. The lowest BCUT2D eigenvalue weighted by molar-refractivity contribution is -0.131. The van der Waals surface area contributed by atoms with Gasteiger partial charge in [0, 0.05) is 4.47 Å². The highest BCUT2D eigenvalue weighted by molar-refractivity contribution is 9.10. The molecule has 0 aromatic heterocycles. The van der Waals surface area contributed by atoms with E-state index < -0.39 is 11.6 Å². The number of hydrazine groups is 1. The number of halogens is 1. The molecule has 0 bridgehead atoms. The molecule has 3 N–H and O–H groups in total. The summed E-state index contributed by atoms with van der Waals surface area (Å²) in [4.78, 5) is 23.2. The summed E-state index contributed by atoms with van der Waals surface area (Å²) in [6.07, 6.45) is 1.19. The standard InChI is InChI=1S/C12H14BrN3O2/c1-12(10(17)16(14)11(18)15-12)7-6-8-4-2-3-5-9(8)13/h2-5H,6-7,14H2,1H3,(H,15,18)/t12-/m1/s1. The van der Waals surface area contributed by atoms with E-state index in [0.29, 0.717) is 17.9 Å². The van der Waals surface area contributed by atoms with Crippen molar-refractivity contribution in [2.45, 2.75) is 25.3 Å². The van der Waals surface area contributed by atoms with Crippen molar-refractivity contribution in [3.05, 3.63) is 34.3 Å². The van der Waals surface area contributed by atoms with E-state index in [1.807, 2.05) is 24.3 Å². The van der Waals surface area contributed by atoms with Gasteiger partial charge in [-0.15, -0.1) is 0 Å². The molecule has 1 aliphatic rings. The number of urea groups is 1. The first-order chi connectivity index (χ1) is 8.44. The summed E-state index contributed by atoms with van der Waals surface area (Å²) in [5, 5.41) is 3.26. The molecule has 18 heavy (non-hydrogen) atoms. The van der Waals surface area contributed by atoms with Gasteiger partial charge in [0.1, 0.15) is 5.54 Å². The summed E-state index contributed by atoms with van der Waals surface area (Å²) in [5.41, 5.74) is 0.178. The molecule has 0 unspecified atom stereocenters. The minimum Gasteiger partial charge on any atom is -0.322 e. The lowest BCUT2D eigenvalue weighted by atomic mass is 9.93. The molecule has 1 saturated heterocycles. The van der Waals surface area contributed by atoms with Crippen LogP contribution in [-0.2, 0) is 11.2 Å². The maximum atomic E-state index is 11.8. The van der Waals surface area contributed by atoms with E-state index in [9.17, 15) is 9.59 Å². The van der Waals surface area contributed by atoms with E-state index in [2.05, 4.69) is 21.2 Å². The van der Waals surface area contributed by atoms with Crippen LogP contribution in [0.15, 0.2) is 28.7 Å². The lowest BCUT2D eigenvalue weighted by Crippen LogP contribution is -2.45. The Kier molecular flexibility index (Phi) is 3.41. The van der Waals surface area contributed by atoms with E-state index >= 15 is 0 Å². The highest BCUT2D eigenvalue weighted by atomic mass is 79.9. The number of imide groups is 1. The number of benzene rings is 1. The Bertz CT molecular complexity index is 506. The van der Waals surface area contributed by atoms with Crippen molar-refractivity contribution in [3.63, 3.8) is 0 Å². The number of rotatable bonds is 3. The number of amides is 3. The predicted octanol–water partition coefficient (Wildman–Crippen LogP) is 1.57. The van der Waals surface area contributed by atoms with Gasteiger partial charge in [0.25, 0.3) is 5.91 Å². The number of nitrogens with zero attached hydrogens (tertiary/aromatic N) is 1. The Morgan fingerprint density at radius 3 is 2.61 bits per heavy atom. The predicted molar refractivity (Wildman–Crippen MR) is 70.4 cm³/mol. The quantitative estimate of drug-likeness (QED) is 0.505. The molecule has 1 aromatic rings. The summed E-state index contributed by atoms with van der Waals surface area (Å²) in [5.74, 6) is 4.97. The Balaban J connectivity index is 2.09. The van der Waals surface area contributed by atoms with Gasteiger partial charge in [0.15, 0.2) is 0 Å². The van der Waals surface area contributed by atoms with E-state index in [-0.39, 0.29) is 5.91 Å². The van der Waals surface area contributed by atoms with Crippen LogP contribution in [0.3, 0.4) is 0 Å². The zero-order valence-corrected chi connectivity index (χ0v) is 11.5. The molecular formula is C12H14BrN3O2. The second-order valence-electron chi connectivity index (χ2n) is 4.53. The molecule has 0 radical (unpaired) electrons. The van der Waals surface area contributed by atoms with E-state index in [1.54, 1.807) is 6.92 Å². The fourth-order valence-electron chi connectivity index (χ4n) is 1.96. The minimum absolute atomic E-state index is 0.389. The highest BCUT2D eigenvalue weighted by Gasteiger charge is 2.46. The van der Waals surface area contributed by atoms with Gasteiger partial charge in [-0.3, -0.25) is 4.79 Å². The first kappa shape index (κ1) is 13.0. The van der Waals surface area contributed by atoms with Crippen molar-refractivity contribution < 1.29 is 9.59 Å². The van der Waals surface area contributed by atoms with Crippen molar-refractivity contribution in [3.8, 4) is 0 Å². The summed E-state index contributed by atoms with van der Waals surface area (Å²) in [7, 11) is 0. The smallest absolute Gasteiger partial charge is 0.322 e. The van der Waals surface area contributed by atoms with Crippen LogP contribution in [0.5, 0.6) is 0 Å². The number of aryl methyl sites for hydroxylation is 1. The van der Waals surface area contributed by atoms with Crippen molar-refractivity contribution in [2.75, 3.05) is 0 Å². The lowest BCUT2D eigenvalue weighted by Gasteiger charge is -2.20. The van der Waals surface area contributed by atoms with Gasteiger partial charge >= 0.3 is 6.03 Å². The van der Waals surface area contributed by atoms with Crippen LogP contribution in [0.2, 0.25) is 0 Å². The van der Waals surface area contributed by atoms with Gasteiger partial charge in [-0.1, -0.05) is 34.1 Å². The molecule has 0 aliphatic carbocycles. The van der Waals surface area contributed by atoms with Gasteiger partial charge < -0.3 is 5.32 Å². The maximum absolute atomic E-state index is 11.8. The van der Waals surface area contributed by atoms with E-state index in [1.165, 1.54) is 0 Å². The molecule has 1 fully saturated rings. The molecule has 1 aromatic carbocycles. The number of nitrogens with two attached hydrogens (primary N) is 1. The number of carbonyl (C=O) groups excluding carboxylic acids is 2. The minimum atomic E-state index is -0.916. The zero-order valence-electron chi connectivity index (χ0n) is 9.94. The molecule has 0 saturated carbocycles. The largest absolute Gasteiger partial charge is 0.339 e. The molecule has 96 valence electrons. The molecule has 1 aliphatic heterocycles. The van der Waals surface area contributed by atoms with Crippen LogP contribution in [-0.4, -0.2) is 22.5 Å². The molecule has 1 atom stereocenters. The maximum Gasteiger partial charge on any atom is 0.339 e. The number of hydrogen-bond acceptors (Lipinski definition) is 3. The fraction of sp³-hybridized carbons (Fsp3) is 0.333. The molecule has 1 heterocycles. The highest BCUT2D eigenvalue weighted by Crippen LogP contribution is 2.24. The SMILES string of the molecule is C[C@]1(CCc2ccccc2Br)NC(=O)N(N)C1=O. The van der Waals surface area contributed by atoms with Crippen LogP contribution < -0.4 is 11.2 Å². The van der Waals surface area contributed by atoms with E-state index in [0.717, 1.165) is 10.0 Å². The van der Waals surface area contributed by atoms with Gasteiger partial charge in [-0.25, -0.2) is 10.6 Å². The van der Waals surface area contributed by atoms with Crippen LogP contribution >= 0.6 is 15.9 Å². The Morgan fingerprint density at radius 1 is 1.39 bits per heavy atom. The Hall–Kier alpha value is -1.40.